The third-order valence-electron chi connectivity index (χ3n) is 3.64. The Bertz CT molecular complexity index is 756. The van der Waals surface area contributed by atoms with Crippen LogP contribution in [0.1, 0.15) is 11.1 Å². The maximum absolute atomic E-state index is 12.3. The first-order valence-electron chi connectivity index (χ1n) is 7.78. The van der Waals surface area contributed by atoms with Gasteiger partial charge >= 0.3 is 6.09 Å². The number of anilines is 1. The molecule has 5 heteroatoms. The fraction of sp³-hybridized carbons (Fsp3) is 0.158. The lowest BCUT2D eigenvalue weighted by Crippen LogP contribution is -2.38. The molecule has 3 rings (SSSR count). The first-order chi connectivity index (χ1) is 11.8. The topological polar surface area (TPSA) is 53.9 Å². The van der Waals surface area contributed by atoms with Gasteiger partial charge in [-0.15, -0.1) is 0 Å². The van der Waals surface area contributed by atoms with Gasteiger partial charge in [-0.3, -0.25) is 4.99 Å². The minimum Gasteiger partial charge on any atom is -0.444 e. The quantitative estimate of drug-likeness (QED) is 0.933. The molecule has 0 fully saturated rings. The van der Waals surface area contributed by atoms with Crippen LogP contribution in [0.4, 0.5) is 10.5 Å². The largest absolute Gasteiger partial charge is 0.444 e. The monoisotopic (exact) mass is 321 g/mol. The number of carbonyl (C=O) groups excluding carboxylic acids is 1. The number of nitrogens with one attached hydrogen (secondary N) is 1. The Morgan fingerprint density at radius 1 is 1.25 bits per heavy atom. The lowest BCUT2D eigenvalue weighted by molar-refractivity contribution is 0.118. The summed E-state index contributed by atoms with van der Waals surface area (Å²) < 4.78 is 5.37. The standard InChI is InChI=1S/C19H19N3O2/c1-2-15-9-6-10-17(13-15)21-18-20-11-12-22(18)19(23)24-14-16-7-4-3-5-8-16/h2-10,13H,1,11-12,14H2,(H,20,21). The van der Waals surface area contributed by atoms with Crippen molar-refractivity contribution in [2.24, 2.45) is 4.99 Å². The number of rotatable bonds is 4. The van der Waals surface area contributed by atoms with Gasteiger partial charge in [0, 0.05) is 5.69 Å². The second-order valence-corrected chi connectivity index (χ2v) is 5.35. The van der Waals surface area contributed by atoms with Crippen LogP contribution in [0.25, 0.3) is 6.08 Å². The van der Waals surface area contributed by atoms with Crippen LogP contribution in [0.5, 0.6) is 0 Å². The van der Waals surface area contributed by atoms with E-state index in [0.717, 1.165) is 16.8 Å². The lowest BCUT2D eigenvalue weighted by Gasteiger charge is -2.19. The first-order valence-corrected chi connectivity index (χ1v) is 7.78. The molecule has 0 spiro atoms. The van der Waals surface area contributed by atoms with Crippen LogP contribution in [-0.4, -0.2) is 30.0 Å². The van der Waals surface area contributed by atoms with Crippen molar-refractivity contribution in [1.82, 2.24) is 4.90 Å². The summed E-state index contributed by atoms with van der Waals surface area (Å²) in [5, 5.41) is 3.17. The van der Waals surface area contributed by atoms with Crippen molar-refractivity contribution in [1.29, 1.82) is 0 Å². The summed E-state index contributed by atoms with van der Waals surface area (Å²) in [4.78, 5) is 18.2. The lowest BCUT2D eigenvalue weighted by atomic mass is 10.2. The predicted molar refractivity (Wildman–Crippen MR) is 95.8 cm³/mol. The second kappa shape index (κ2) is 7.46. The van der Waals surface area contributed by atoms with Crippen LogP contribution in [-0.2, 0) is 11.3 Å². The van der Waals surface area contributed by atoms with Gasteiger partial charge in [0.2, 0.25) is 5.96 Å². The number of ether oxygens (including phenoxy) is 1. The Hall–Kier alpha value is -3.08. The molecule has 0 aromatic heterocycles. The molecule has 2 aromatic rings. The number of hydrogen-bond acceptors (Lipinski definition) is 4. The first kappa shape index (κ1) is 15.8. The van der Waals surface area contributed by atoms with E-state index in [1.54, 1.807) is 6.08 Å². The van der Waals surface area contributed by atoms with E-state index in [0.29, 0.717) is 19.0 Å². The van der Waals surface area contributed by atoms with Crippen molar-refractivity contribution in [2.75, 3.05) is 18.4 Å². The van der Waals surface area contributed by atoms with E-state index in [-0.39, 0.29) is 6.61 Å². The fourth-order valence-corrected chi connectivity index (χ4v) is 2.40. The van der Waals surface area contributed by atoms with Gasteiger partial charge in [-0.1, -0.05) is 55.1 Å². The van der Waals surface area contributed by atoms with E-state index in [1.807, 2.05) is 54.6 Å². The summed E-state index contributed by atoms with van der Waals surface area (Å²) in [5.41, 5.74) is 2.81. The van der Waals surface area contributed by atoms with Crippen molar-refractivity contribution >= 4 is 23.8 Å². The fourth-order valence-electron chi connectivity index (χ4n) is 2.40. The van der Waals surface area contributed by atoms with Crippen molar-refractivity contribution in [3.05, 3.63) is 72.3 Å². The number of benzene rings is 2. The molecule has 0 radical (unpaired) electrons. The molecule has 0 saturated heterocycles. The summed E-state index contributed by atoms with van der Waals surface area (Å²) in [7, 11) is 0. The molecule has 0 atom stereocenters. The molecule has 24 heavy (non-hydrogen) atoms. The van der Waals surface area contributed by atoms with E-state index >= 15 is 0 Å². The van der Waals surface area contributed by atoms with E-state index in [9.17, 15) is 4.79 Å². The molecule has 0 unspecified atom stereocenters. The zero-order chi connectivity index (χ0) is 16.8. The zero-order valence-corrected chi connectivity index (χ0v) is 13.3. The van der Waals surface area contributed by atoms with E-state index in [1.165, 1.54) is 4.90 Å². The summed E-state index contributed by atoms with van der Waals surface area (Å²) in [6.07, 6.45) is 1.37. The molecule has 2 aromatic carbocycles. The summed E-state index contributed by atoms with van der Waals surface area (Å²) in [6.45, 7) is 5.07. The van der Waals surface area contributed by atoms with Gasteiger partial charge in [-0.25, -0.2) is 9.69 Å². The smallest absolute Gasteiger partial charge is 0.417 e. The van der Waals surface area contributed by atoms with Gasteiger partial charge in [-0.05, 0) is 23.3 Å². The van der Waals surface area contributed by atoms with Crippen LogP contribution in [0.2, 0.25) is 0 Å². The van der Waals surface area contributed by atoms with Crippen molar-refractivity contribution in [2.45, 2.75) is 6.61 Å². The number of aliphatic imine (C=N–C) groups is 1. The number of hydrogen-bond donors (Lipinski definition) is 1. The van der Waals surface area contributed by atoms with Crippen LogP contribution >= 0.6 is 0 Å². The molecule has 1 N–H and O–H groups in total. The minimum atomic E-state index is -0.400. The van der Waals surface area contributed by atoms with Crippen molar-refractivity contribution in [3.8, 4) is 0 Å². The van der Waals surface area contributed by atoms with Crippen LogP contribution in [0.15, 0.2) is 66.2 Å². The van der Waals surface area contributed by atoms with Gasteiger partial charge in [0.15, 0.2) is 0 Å². The average molecular weight is 321 g/mol. The molecule has 1 amide bonds. The van der Waals surface area contributed by atoms with Gasteiger partial charge in [0.1, 0.15) is 6.61 Å². The highest BCUT2D eigenvalue weighted by molar-refractivity contribution is 6.03. The maximum Gasteiger partial charge on any atom is 0.417 e. The van der Waals surface area contributed by atoms with Crippen LogP contribution in [0, 0.1) is 0 Å². The molecule has 1 aliphatic heterocycles. The molecule has 1 heterocycles. The molecule has 0 aliphatic carbocycles. The van der Waals surface area contributed by atoms with Crippen LogP contribution in [0.3, 0.4) is 0 Å². The summed E-state index contributed by atoms with van der Waals surface area (Å²) in [5.74, 6) is 0.509. The predicted octanol–water partition coefficient (Wildman–Crippen LogP) is 3.75. The number of carbonyl (C=O) groups is 1. The molecule has 5 nitrogen and oxygen atoms in total. The van der Waals surface area contributed by atoms with Crippen LogP contribution < -0.4 is 5.32 Å². The Morgan fingerprint density at radius 2 is 2.08 bits per heavy atom. The Morgan fingerprint density at radius 3 is 2.88 bits per heavy atom. The molecular weight excluding hydrogens is 302 g/mol. The van der Waals surface area contributed by atoms with Gasteiger partial charge < -0.3 is 10.1 Å². The number of guanidine groups is 1. The molecule has 1 aliphatic rings. The zero-order valence-electron chi connectivity index (χ0n) is 13.3. The van der Waals surface area contributed by atoms with E-state index < -0.39 is 6.09 Å². The Balaban J connectivity index is 1.62. The second-order valence-electron chi connectivity index (χ2n) is 5.35. The average Bonchev–Trinajstić information content (AvgIpc) is 3.09. The number of nitrogens with zero attached hydrogens (tertiary/aromatic N) is 2. The number of amides is 1. The Kier molecular flexibility index (Phi) is 4.91. The van der Waals surface area contributed by atoms with E-state index in [2.05, 4.69) is 16.9 Å². The van der Waals surface area contributed by atoms with E-state index in [4.69, 9.17) is 4.74 Å². The molecule has 0 bridgehead atoms. The normalized spacial score (nSPS) is 13.3. The highest BCUT2D eigenvalue weighted by Crippen LogP contribution is 2.14. The summed E-state index contributed by atoms with van der Waals surface area (Å²) in [6, 6.07) is 17.4. The van der Waals surface area contributed by atoms with Crippen molar-refractivity contribution < 1.29 is 9.53 Å². The molecular formula is C19H19N3O2. The van der Waals surface area contributed by atoms with Gasteiger partial charge in [-0.2, -0.15) is 0 Å². The molecule has 0 saturated carbocycles. The van der Waals surface area contributed by atoms with Gasteiger partial charge in [0.05, 0.1) is 13.1 Å². The van der Waals surface area contributed by atoms with Crippen molar-refractivity contribution in [3.63, 3.8) is 0 Å². The third-order valence-corrected chi connectivity index (χ3v) is 3.64. The third kappa shape index (κ3) is 3.81. The van der Waals surface area contributed by atoms with Gasteiger partial charge in [0.25, 0.3) is 0 Å². The molecule has 122 valence electrons. The summed E-state index contributed by atoms with van der Waals surface area (Å²) >= 11 is 0. The highest BCUT2D eigenvalue weighted by atomic mass is 16.6. The highest BCUT2D eigenvalue weighted by Gasteiger charge is 2.25. The maximum atomic E-state index is 12.3. The SMILES string of the molecule is C=Cc1cccc(NC2=NCCN2C(=O)OCc2ccccc2)c1. The Labute approximate surface area is 141 Å². The minimum absolute atomic E-state index is 0.245.